The number of aliphatic hydroxyl groups is 1. The van der Waals surface area contributed by atoms with Crippen LogP contribution in [0.5, 0.6) is 0 Å². The van der Waals surface area contributed by atoms with E-state index in [1.807, 2.05) is 39.8 Å². The number of hydrogen-bond donors (Lipinski definition) is 1. The lowest BCUT2D eigenvalue weighted by atomic mass is 9.66. The fourth-order valence-electron chi connectivity index (χ4n) is 8.47. The maximum atomic E-state index is 14.2. The van der Waals surface area contributed by atoms with Crippen LogP contribution < -0.4 is 0 Å². The molecular formula is C36H59NO10. The van der Waals surface area contributed by atoms with Gasteiger partial charge in [0.25, 0.3) is 0 Å². The summed E-state index contributed by atoms with van der Waals surface area (Å²) in [5.74, 6) is -5.70. The maximum absolute atomic E-state index is 14.2. The van der Waals surface area contributed by atoms with Crippen molar-refractivity contribution < 1.29 is 48.0 Å². The number of likely N-dealkylation sites (N-methyl/N-ethyl adjacent to an activating group) is 1. The van der Waals surface area contributed by atoms with Crippen molar-refractivity contribution >= 4 is 29.3 Å². The Labute approximate surface area is 280 Å². The smallest absolute Gasteiger partial charge is 0.316 e. The molecule has 13 atom stereocenters. The molecule has 1 N–H and O–H groups in total. The molecule has 47 heavy (non-hydrogen) atoms. The molecule has 0 spiro atoms. The second-order valence-electron chi connectivity index (χ2n) is 15.3. The Balaban J connectivity index is 2.23. The van der Waals surface area contributed by atoms with Crippen molar-refractivity contribution in [2.24, 2.45) is 35.0 Å². The van der Waals surface area contributed by atoms with Crippen LogP contribution in [0.15, 0.2) is 0 Å². The van der Waals surface area contributed by atoms with E-state index in [-0.39, 0.29) is 55.8 Å². The van der Waals surface area contributed by atoms with Gasteiger partial charge in [0.15, 0.2) is 18.2 Å². The number of esters is 2. The number of carbonyl (C=O) groups excluding carboxylic acids is 5. The van der Waals surface area contributed by atoms with Gasteiger partial charge in [0.1, 0.15) is 29.2 Å². The molecule has 2 bridgehead atoms. The van der Waals surface area contributed by atoms with Crippen molar-refractivity contribution in [2.75, 3.05) is 14.1 Å². The van der Waals surface area contributed by atoms with Crippen molar-refractivity contribution in [2.45, 2.75) is 150 Å². The van der Waals surface area contributed by atoms with Crippen molar-refractivity contribution in [1.29, 1.82) is 0 Å². The van der Waals surface area contributed by atoms with Crippen LogP contribution in [-0.4, -0.2) is 95.7 Å². The molecule has 3 aliphatic rings. The van der Waals surface area contributed by atoms with E-state index in [0.29, 0.717) is 12.8 Å². The van der Waals surface area contributed by atoms with Gasteiger partial charge in [0, 0.05) is 43.4 Å². The molecule has 0 aromatic carbocycles. The fourth-order valence-corrected chi connectivity index (χ4v) is 8.47. The first-order valence-electron chi connectivity index (χ1n) is 17.4. The monoisotopic (exact) mass is 665 g/mol. The highest BCUT2D eigenvalue weighted by Crippen LogP contribution is 2.46. The number of Topliss-reactive ketones (excluding diaryl/α,β-unsaturated/α-hetero) is 3. The molecule has 11 nitrogen and oxygen atoms in total. The van der Waals surface area contributed by atoms with Crippen LogP contribution >= 0.6 is 0 Å². The first-order valence-corrected chi connectivity index (χ1v) is 17.4. The maximum Gasteiger partial charge on any atom is 0.316 e. The summed E-state index contributed by atoms with van der Waals surface area (Å²) >= 11 is 0. The van der Waals surface area contributed by atoms with Gasteiger partial charge in [-0.3, -0.25) is 24.0 Å². The van der Waals surface area contributed by atoms with E-state index in [9.17, 15) is 29.1 Å². The minimum absolute atomic E-state index is 0.0229. The summed E-state index contributed by atoms with van der Waals surface area (Å²) in [6.07, 6.45) is -2.07. The van der Waals surface area contributed by atoms with Crippen LogP contribution in [0.1, 0.15) is 107 Å². The lowest BCUT2D eigenvalue weighted by molar-refractivity contribution is -0.290. The summed E-state index contributed by atoms with van der Waals surface area (Å²) in [5.41, 5.74) is -2.54. The van der Waals surface area contributed by atoms with Crippen LogP contribution in [0.25, 0.3) is 0 Å². The Morgan fingerprint density at radius 1 is 1.00 bits per heavy atom. The number of fused-ring (bicyclic) bond motifs is 5. The Kier molecular flexibility index (Phi) is 13.0. The number of hydrogen-bond acceptors (Lipinski definition) is 11. The van der Waals surface area contributed by atoms with E-state index in [0.717, 1.165) is 0 Å². The number of cyclic esters (lactones) is 1. The van der Waals surface area contributed by atoms with Gasteiger partial charge >= 0.3 is 11.9 Å². The summed E-state index contributed by atoms with van der Waals surface area (Å²) in [6, 6.07) is -0.245. The Bertz CT molecular complexity index is 1170. The van der Waals surface area contributed by atoms with Crippen molar-refractivity contribution in [3.05, 3.63) is 0 Å². The molecule has 11 heteroatoms. The second kappa shape index (κ2) is 15.6. The third kappa shape index (κ3) is 8.69. The number of ether oxygens (including phenoxy) is 4. The SMILES string of the molecule is CC[C@H]1OC(=O)[C@H](C)C(=O)[C@H](C)[C@@H](O[C@@H]2O[C@H](C)C[C@H](N(C)C)[C@H]2OC(C)=O)[C@]2(C)CCC(=O)CC[C@H]([C@@H](C)C(=O)[C@H](C)C2)[C@]1(C)O. The topological polar surface area (TPSA) is 146 Å². The molecule has 0 amide bonds. The molecule has 1 saturated carbocycles. The summed E-state index contributed by atoms with van der Waals surface area (Å²) in [6.45, 7) is 15.3. The van der Waals surface area contributed by atoms with Crippen LogP contribution in [0.4, 0.5) is 0 Å². The van der Waals surface area contributed by atoms with Gasteiger partial charge in [-0.1, -0.05) is 34.6 Å². The first kappa shape index (κ1) is 39.2. The molecule has 0 aromatic rings. The van der Waals surface area contributed by atoms with Crippen LogP contribution in [-0.2, 0) is 42.9 Å². The summed E-state index contributed by atoms with van der Waals surface area (Å²) in [4.78, 5) is 69.7. The highest BCUT2D eigenvalue weighted by molar-refractivity contribution is 6.00. The predicted molar refractivity (Wildman–Crippen MR) is 174 cm³/mol. The molecule has 0 unspecified atom stereocenters. The fraction of sp³-hybridized carbons (Fsp3) is 0.861. The van der Waals surface area contributed by atoms with Gasteiger partial charge in [0.05, 0.1) is 18.2 Å². The molecule has 2 heterocycles. The third-order valence-electron chi connectivity index (χ3n) is 11.3. The van der Waals surface area contributed by atoms with E-state index in [2.05, 4.69) is 0 Å². The van der Waals surface area contributed by atoms with Gasteiger partial charge in [-0.2, -0.15) is 0 Å². The first-order chi connectivity index (χ1) is 21.7. The minimum Gasteiger partial charge on any atom is -0.459 e. The molecule has 2 aliphatic heterocycles. The van der Waals surface area contributed by atoms with Crippen LogP contribution in [0.2, 0.25) is 0 Å². The quantitative estimate of drug-likeness (QED) is 0.332. The zero-order chi connectivity index (χ0) is 35.6. The second-order valence-corrected chi connectivity index (χ2v) is 15.3. The minimum atomic E-state index is -1.62. The van der Waals surface area contributed by atoms with E-state index >= 15 is 0 Å². The zero-order valence-electron chi connectivity index (χ0n) is 30.4. The lowest BCUT2D eigenvalue weighted by Crippen LogP contribution is -2.58. The molecule has 268 valence electrons. The van der Waals surface area contributed by atoms with E-state index in [4.69, 9.17) is 18.9 Å². The van der Waals surface area contributed by atoms with Gasteiger partial charge in [-0.05, 0) is 72.4 Å². The Hall–Kier alpha value is -2.21. The van der Waals surface area contributed by atoms with Crippen molar-refractivity contribution in [3.8, 4) is 0 Å². The number of rotatable bonds is 5. The van der Waals surface area contributed by atoms with Crippen LogP contribution in [0, 0.1) is 35.0 Å². The van der Waals surface area contributed by atoms with Gasteiger partial charge < -0.3 is 29.0 Å². The summed E-state index contributed by atoms with van der Waals surface area (Å²) < 4.78 is 24.8. The number of nitrogens with zero attached hydrogens (tertiary/aromatic N) is 1. The average molecular weight is 666 g/mol. The lowest BCUT2D eigenvalue weighted by Gasteiger charge is -2.48. The van der Waals surface area contributed by atoms with Gasteiger partial charge in [-0.15, -0.1) is 0 Å². The standard InChI is InChI=1S/C36H59NO10/c1-12-28-36(9,43)26-14-13-25(39)15-16-35(8,18-19(2)29(40)21(26)4)32(22(5)30(41)23(6)33(42)46-28)47-34-31(45-24(7)38)27(37(10)11)17-20(3)44-34/h19-23,26-28,31-32,34,43H,12-18H2,1-11H3/t19-,20-,21-,22+,23-,26-,27+,28-,31-,32-,34+,35-,36+/m1/s1. The molecule has 0 aromatic heterocycles. The Morgan fingerprint density at radius 2 is 1.64 bits per heavy atom. The molecular weight excluding hydrogens is 606 g/mol. The molecule has 2 saturated heterocycles. The van der Waals surface area contributed by atoms with Crippen LogP contribution in [0.3, 0.4) is 0 Å². The summed E-state index contributed by atoms with van der Waals surface area (Å²) in [7, 11) is 3.77. The van der Waals surface area contributed by atoms with E-state index < -0.39 is 82.9 Å². The van der Waals surface area contributed by atoms with Gasteiger partial charge in [0.2, 0.25) is 0 Å². The van der Waals surface area contributed by atoms with Gasteiger partial charge in [-0.25, -0.2) is 0 Å². The highest BCUT2D eigenvalue weighted by atomic mass is 16.7. The Morgan fingerprint density at radius 3 is 2.21 bits per heavy atom. The summed E-state index contributed by atoms with van der Waals surface area (Å²) in [5, 5.41) is 11.9. The van der Waals surface area contributed by atoms with E-state index in [1.165, 1.54) is 13.8 Å². The normalized spacial score (nSPS) is 43.0. The average Bonchev–Trinajstić information content (AvgIpc) is 3.00. The van der Waals surface area contributed by atoms with Crippen molar-refractivity contribution in [1.82, 2.24) is 4.90 Å². The largest absolute Gasteiger partial charge is 0.459 e. The molecule has 0 radical (unpaired) electrons. The molecule has 1 aliphatic carbocycles. The zero-order valence-corrected chi connectivity index (χ0v) is 30.4. The third-order valence-corrected chi connectivity index (χ3v) is 11.3. The predicted octanol–water partition coefficient (Wildman–Crippen LogP) is 4.29. The van der Waals surface area contributed by atoms with E-state index in [1.54, 1.807) is 27.7 Å². The molecule has 3 fully saturated rings. The number of carbonyl (C=O) groups is 5. The molecule has 3 rings (SSSR count). The number of ketones is 3. The highest BCUT2D eigenvalue weighted by Gasteiger charge is 2.52. The van der Waals surface area contributed by atoms with Crippen molar-refractivity contribution in [3.63, 3.8) is 0 Å².